The van der Waals surface area contributed by atoms with Crippen LogP contribution in [0.1, 0.15) is 44.9 Å². The summed E-state index contributed by atoms with van der Waals surface area (Å²) in [4.78, 5) is 0.299. The molecule has 1 aliphatic heterocycles. The van der Waals surface area contributed by atoms with Crippen molar-refractivity contribution < 1.29 is 13.2 Å². The van der Waals surface area contributed by atoms with Crippen molar-refractivity contribution in [2.75, 3.05) is 32.1 Å². The highest BCUT2D eigenvalue weighted by Crippen LogP contribution is 2.48. The number of nitrogens with zero attached hydrogens (tertiary/aromatic N) is 2. The predicted molar refractivity (Wildman–Crippen MR) is 101 cm³/mol. The molecule has 0 aromatic heterocycles. The van der Waals surface area contributed by atoms with Gasteiger partial charge < -0.3 is 10.1 Å². The third-order valence-corrected chi connectivity index (χ3v) is 7.33. The number of methoxy groups -OCH3 is 1. The summed E-state index contributed by atoms with van der Waals surface area (Å²) in [6, 6.07) is 7.24. The fraction of sp³-hybridized carbons (Fsp3) is 0.632. The van der Waals surface area contributed by atoms with Gasteiger partial charge in [-0.3, -0.25) is 0 Å². The summed E-state index contributed by atoms with van der Waals surface area (Å²) in [6.07, 6.45) is 6.58. The minimum absolute atomic E-state index is 0.0272. The first-order valence-electron chi connectivity index (χ1n) is 9.30. The van der Waals surface area contributed by atoms with Crippen molar-refractivity contribution in [2.45, 2.75) is 49.8 Å². The van der Waals surface area contributed by atoms with E-state index >= 15 is 0 Å². The zero-order valence-electron chi connectivity index (χ0n) is 15.3. The van der Waals surface area contributed by atoms with Crippen LogP contribution in [-0.4, -0.2) is 39.5 Å². The molecule has 3 rings (SSSR count). The highest BCUT2D eigenvalue weighted by molar-refractivity contribution is 7.89. The maximum atomic E-state index is 13.0. The van der Waals surface area contributed by atoms with Crippen LogP contribution >= 0.6 is 0 Å². The SMILES string of the molecule is COc1ccc(S(=O)(=O)N2CCCCCC2)cc1NCC1(CC#N)CC1. The van der Waals surface area contributed by atoms with Gasteiger partial charge in [0.1, 0.15) is 5.75 Å². The number of nitrogens with one attached hydrogen (secondary N) is 1. The molecular weight excluding hydrogens is 350 g/mol. The monoisotopic (exact) mass is 377 g/mol. The zero-order valence-corrected chi connectivity index (χ0v) is 16.1. The van der Waals surface area contributed by atoms with Gasteiger partial charge in [0.15, 0.2) is 0 Å². The van der Waals surface area contributed by atoms with Crippen molar-refractivity contribution in [3.8, 4) is 11.8 Å². The van der Waals surface area contributed by atoms with E-state index in [4.69, 9.17) is 10.00 Å². The van der Waals surface area contributed by atoms with Crippen molar-refractivity contribution in [3.63, 3.8) is 0 Å². The van der Waals surface area contributed by atoms with E-state index in [1.165, 1.54) is 0 Å². The maximum absolute atomic E-state index is 13.0. The highest BCUT2D eigenvalue weighted by Gasteiger charge is 2.42. The van der Waals surface area contributed by atoms with Crippen molar-refractivity contribution >= 4 is 15.7 Å². The molecule has 1 aliphatic carbocycles. The molecule has 1 saturated heterocycles. The highest BCUT2D eigenvalue weighted by atomic mass is 32.2. The van der Waals surface area contributed by atoms with Gasteiger partial charge in [0, 0.05) is 31.5 Å². The van der Waals surface area contributed by atoms with E-state index in [0.717, 1.165) is 38.5 Å². The lowest BCUT2D eigenvalue weighted by atomic mass is 10.0. The lowest BCUT2D eigenvalue weighted by Gasteiger charge is -2.21. The molecule has 0 amide bonds. The van der Waals surface area contributed by atoms with Crippen LogP contribution < -0.4 is 10.1 Å². The smallest absolute Gasteiger partial charge is 0.243 e. The third-order valence-electron chi connectivity index (χ3n) is 5.44. The third kappa shape index (κ3) is 4.13. The fourth-order valence-electron chi connectivity index (χ4n) is 3.46. The standard InChI is InChI=1S/C19H27N3O3S/c1-25-18-7-6-16(26(23,24)22-12-4-2-3-5-13-22)14-17(18)21-15-19(8-9-19)10-11-20/h6-7,14,21H,2-5,8-10,12-13,15H2,1H3. The first-order valence-corrected chi connectivity index (χ1v) is 10.7. The number of hydrogen-bond acceptors (Lipinski definition) is 5. The second-order valence-electron chi connectivity index (χ2n) is 7.37. The van der Waals surface area contributed by atoms with Crippen LogP contribution in [0, 0.1) is 16.7 Å². The normalized spacial score (nSPS) is 20.0. The molecule has 142 valence electrons. The number of rotatable bonds is 7. The number of anilines is 1. The molecule has 0 spiro atoms. The van der Waals surface area contributed by atoms with Crippen molar-refractivity contribution in [2.24, 2.45) is 5.41 Å². The molecule has 7 heteroatoms. The van der Waals surface area contributed by atoms with Gasteiger partial charge in [0.2, 0.25) is 10.0 Å². The van der Waals surface area contributed by atoms with Gasteiger partial charge in [-0.25, -0.2) is 8.42 Å². The molecule has 1 N–H and O–H groups in total. The molecule has 2 fully saturated rings. The number of benzene rings is 1. The van der Waals surface area contributed by atoms with Gasteiger partial charge in [-0.15, -0.1) is 0 Å². The molecule has 0 unspecified atom stereocenters. The van der Waals surface area contributed by atoms with E-state index in [2.05, 4.69) is 11.4 Å². The van der Waals surface area contributed by atoms with E-state index in [1.807, 2.05) is 0 Å². The molecule has 6 nitrogen and oxygen atoms in total. The average Bonchev–Trinajstić information content (AvgIpc) is 3.44. The first kappa shape index (κ1) is 19.0. The van der Waals surface area contributed by atoms with Gasteiger partial charge in [-0.1, -0.05) is 12.8 Å². The van der Waals surface area contributed by atoms with Crippen LogP contribution in [0.5, 0.6) is 5.75 Å². The second kappa shape index (κ2) is 7.85. The van der Waals surface area contributed by atoms with Crippen LogP contribution in [0.4, 0.5) is 5.69 Å². The molecule has 1 aromatic rings. The van der Waals surface area contributed by atoms with Crippen molar-refractivity contribution in [3.05, 3.63) is 18.2 Å². The quantitative estimate of drug-likeness (QED) is 0.788. The molecule has 0 atom stereocenters. The van der Waals surface area contributed by atoms with E-state index in [9.17, 15) is 8.42 Å². The number of nitriles is 1. The van der Waals surface area contributed by atoms with E-state index in [-0.39, 0.29) is 5.41 Å². The fourth-order valence-corrected chi connectivity index (χ4v) is 5.00. The Balaban J connectivity index is 1.81. The van der Waals surface area contributed by atoms with Gasteiger partial charge in [-0.2, -0.15) is 9.57 Å². The molecule has 26 heavy (non-hydrogen) atoms. The summed E-state index contributed by atoms with van der Waals surface area (Å²) >= 11 is 0. The van der Waals surface area contributed by atoms with Crippen LogP contribution in [0.2, 0.25) is 0 Å². The predicted octanol–water partition coefficient (Wildman–Crippen LogP) is 3.37. The van der Waals surface area contributed by atoms with Gasteiger partial charge in [-0.05, 0) is 43.9 Å². The number of sulfonamides is 1. The van der Waals surface area contributed by atoms with Crippen molar-refractivity contribution in [1.29, 1.82) is 5.26 Å². The Hall–Kier alpha value is -1.78. The average molecular weight is 378 g/mol. The summed E-state index contributed by atoms with van der Waals surface area (Å²) in [5.74, 6) is 0.618. The molecule has 0 bridgehead atoms. The maximum Gasteiger partial charge on any atom is 0.243 e. The molecule has 1 saturated carbocycles. The van der Waals surface area contributed by atoms with E-state index in [1.54, 1.807) is 29.6 Å². The lowest BCUT2D eigenvalue weighted by Crippen LogP contribution is -2.32. The number of ether oxygens (including phenoxy) is 1. The van der Waals surface area contributed by atoms with Crippen LogP contribution in [0.3, 0.4) is 0 Å². The zero-order chi connectivity index (χ0) is 18.6. The van der Waals surface area contributed by atoms with Crippen LogP contribution in [0.25, 0.3) is 0 Å². The molecule has 1 heterocycles. The summed E-state index contributed by atoms with van der Waals surface area (Å²) in [6.45, 7) is 1.83. The topological polar surface area (TPSA) is 82.4 Å². The van der Waals surface area contributed by atoms with Crippen LogP contribution in [0.15, 0.2) is 23.1 Å². The largest absolute Gasteiger partial charge is 0.495 e. The molecule has 1 aromatic carbocycles. The van der Waals surface area contributed by atoms with Crippen LogP contribution in [-0.2, 0) is 10.0 Å². The Morgan fingerprint density at radius 3 is 2.50 bits per heavy atom. The van der Waals surface area contributed by atoms with E-state index in [0.29, 0.717) is 42.4 Å². The minimum atomic E-state index is -3.50. The summed E-state index contributed by atoms with van der Waals surface area (Å²) in [5, 5.41) is 12.3. The Morgan fingerprint density at radius 1 is 1.23 bits per heavy atom. The van der Waals surface area contributed by atoms with Gasteiger partial charge in [0.05, 0.1) is 23.8 Å². The summed E-state index contributed by atoms with van der Waals surface area (Å²) < 4.78 is 33.0. The number of hydrogen-bond donors (Lipinski definition) is 1. The molecule has 0 radical (unpaired) electrons. The lowest BCUT2D eigenvalue weighted by molar-refractivity contribution is 0.414. The first-order chi connectivity index (χ1) is 12.5. The Labute approximate surface area is 156 Å². The molecule has 2 aliphatic rings. The minimum Gasteiger partial charge on any atom is -0.495 e. The van der Waals surface area contributed by atoms with Crippen molar-refractivity contribution in [1.82, 2.24) is 4.31 Å². The van der Waals surface area contributed by atoms with Gasteiger partial charge >= 0.3 is 0 Å². The van der Waals surface area contributed by atoms with E-state index < -0.39 is 10.0 Å². The summed E-state index contributed by atoms with van der Waals surface area (Å²) in [7, 11) is -1.92. The Kier molecular flexibility index (Phi) is 5.73. The Morgan fingerprint density at radius 2 is 1.92 bits per heavy atom. The Bertz CT molecular complexity index is 774. The second-order valence-corrected chi connectivity index (χ2v) is 9.31. The van der Waals surface area contributed by atoms with Gasteiger partial charge in [0.25, 0.3) is 0 Å². The summed E-state index contributed by atoms with van der Waals surface area (Å²) in [5.41, 5.74) is 0.701. The molecular formula is C19H27N3O3S.